The maximum Gasteiger partial charge on any atom is 0.237 e. The predicted molar refractivity (Wildman–Crippen MR) is 113 cm³/mol. The third-order valence-corrected chi connectivity index (χ3v) is 5.50. The molecule has 0 spiro atoms. The zero-order valence-corrected chi connectivity index (χ0v) is 16.4. The lowest BCUT2D eigenvalue weighted by Gasteiger charge is -2.13. The number of thioether (sulfide) groups is 1. The van der Waals surface area contributed by atoms with Crippen LogP contribution in [0.3, 0.4) is 0 Å². The quantitative estimate of drug-likeness (QED) is 0.385. The second-order valence-electron chi connectivity index (χ2n) is 6.46. The van der Waals surface area contributed by atoms with E-state index in [0.29, 0.717) is 16.5 Å². The van der Waals surface area contributed by atoms with Gasteiger partial charge in [0.05, 0.1) is 5.25 Å². The van der Waals surface area contributed by atoms with E-state index in [4.69, 9.17) is 5.84 Å². The molecular formula is C21H18FN5OS. The summed E-state index contributed by atoms with van der Waals surface area (Å²) in [5.41, 5.74) is 1.26. The molecule has 29 heavy (non-hydrogen) atoms. The molecule has 4 aromatic rings. The number of carbonyl (C=O) groups excluding carboxylic acids is 1. The average molecular weight is 407 g/mol. The van der Waals surface area contributed by atoms with E-state index in [1.54, 1.807) is 19.1 Å². The molecule has 0 bridgehead atoms. The zero-order valence-electron chi connectivity index (χ0n) is 15.5. The number of nitrogen functional groups attached to an aromatic ring is 1. The summed E-state index contributed by atoms with van der Waals surface area (Å²) in [7, 11) is 0. The number of amides is 1. The fourth-order valence-electron chi connectivity index (χ4n) is 2.96. The van der Waals surface area contributed by atoms with Crippen molar-refractivity contribution in [1.82, 2.24) is 14.9 Å². The minimum absolute atomic E-state index is 0.179. The number of nitrogens with zero attached hydrogens (tertiary/aromatic N) is 3. The molecule has 0 aliphatic rings. The van der Waals surface area contributed by atoms with Gasteiger partial charge in [-0.05, 0) is 30.5 Å². The molecule has 146 valence electrons. The van der Waals surface area contributed by atoms with Gasteiger partial charge in [-0.25, -0.2) is 9.07 Å². The highest BCUT2D eigenvalue weighted by molar-refractivity contribution is 8.00. The lowest BCUT2D eigenvalue weighted by atomic mass is 10.1. The smallest absolute Gasteiger partial charge is 0.237 e. The molecule has 0 unspecified atom stereocenters. The Morgan fingerprint density at radius 1 is 1.10 bits per heavy atom. The van der Waals surface area contributed by atoms with E-state index in [9.17, 15) is 9.18 Å². The van der Waals surface area contributed by atoms with Crippen LogP contribution >= 0.6 is 11.8 Å². The molecule has 3 aromatic carbocycles. The van der Waals surface area contributed by atoms with E-state index in [1.807, 2.05) is 42.5 Å². The van der Waals surface area contributed by atoms with Gasteiger partial charge in [-0.3, -0.25) is 4.79 Å². The number of carbonyl (C=O) groups is 1. The number of hydrogen-bond acceptors (Lipinski definition) is 5. The van der Waals surface area contributed by atoms with Crippen LogP contribution < -0.4 is 11.2 Å². The van der Waals surface area contributed by atoms with Crippen LogP contribution in [0.5, 0.6) is 0 Å². The van der Waals surface area contributed by atoms with Crippen LogP contribution in [0.4, 0.5) is 10.1 Å². The van der Waals surface area contributed by atoms with Gasteiger partial charge < -0.3 is 11.2 Å². The first-order valence-electron chi connectivity index (χ1n) is 8.94. The number of rotatable bonds is 5. The number of nitrogens with one attached hydrogen (secondary N) is 1. The number of anilines is 1. The van der Waals surface area contributed by atoms with Crippen LogP contribution in [-0.2, 0) is 4.79 Å². The minimum atomic E-state index is -0.471. The Kier molecular flexibility index (Phi) is 5.18. The van der Waals surface area contributed by atoms with Gasteiger partial charge in [-0.1, -0.05) is 60.3 Å². The number of benzene rings is 3. The fourth-order valence-corrected chi connectivity index (χ4v) is 3.73. The highest BCUT2D eigenvalue weighted by Crippen LogP contribution is 2.27. The number of hydrogen-bond donors (Lipinski definition) is 2. The predicted octanol–water partition coefficient (Wildman–Crippen LogP) is 4.07. The van der Waals surface area contributed by atoms with Crippen molar-refractivity contribution in [1.29, 1.82) is 0 Å². The SMILES string of the molecule is C[C@@H](Sc1nnc(-c2cccc(F)c2)n1N)C(=O)Nc1cccc2ccccc12. The van der Waals surface area contributed by atoms with Crippen LogP contribution in [0.15, 0.2) is 71.9 Å². The maximum atomic E-state index is 13.5. The topological polar surface area (TPSA) is 85.8 Å². The Balaban J connectivity index is 1.51. The first-order chi connectivity index (χ1) is 14.0. The van der Waals surface area contributed by atoms with E-state index in [2.05, 4.69) is 15.5 Å². The third kappa shape index (κ3) is 3.93. The van der Waals surface area contributed by atoms with Crippen LogP contribution in [0.25, 0.3) is 22.2 Å². The summed E-state index contributed by atoms with van der Waals surface area (Å²) >= 11 is 1.18. The average Bonchev–Trinajstić information content (AvgIpc) is 3.08. The van der Waals surface area contributed by atoms with E-state index >= 15 is 0 Å². The molecule has 0 aliphatic heterocycles. The Morgan fingerprint density at radius 2 is 1.86 bits per heavy atom. The van der Waals surface area contributed by atoms with Gasteiger partial charge in [0.15, 0.2) is 5.82 Å². The monoisotopic (exact) mass is 407 g/mol. The van der Waals surface area contributed by atoms with Crippen LogP contribution in [-0.4, -0.2) is 26.0 Å². The standard InChI is InChI=1S/C21H18FN5OS/c1-13(20(28)24-18-11-5-7-14-6-2-3-10-17(14)18)29-21-26-25-19(27(21)23)15-8-4-9-16(22)12-15/h2-13H,23H2,1H3,(H,24,28)/t13-/m1/s1. The summed E-state index contributed by atoms with van der Waals surface area (Å²) in [6, 6.07) is 19.6. The number of nitrogens with two attached hydrogens (primary N) is 1. The summed E-state index contributed by atoms with van der Waals surface area (Å²) in [5, 5.41) is 13.0. The summed E-state index contributed by atoms with van der Waals surface area (Å²) in [6.07, 6.45) is 0. The summed E-state index contributed by atoms with van der Waals surface area (Å²) < 4.78 is 14.7. The summed E-state index contributed by atoms with van der Waals surface area (Å²) in [6.45, 7) is 1.77. The molecule has 0 fully saturated rings. The molecule has 8 heteroatoms. The van der Waals surface area contributed by atoms with Crippen LogP contribution in [0, 0.1) is 5.82 Å². The molecule has 1 aromatic heterocycles. The van der Waals surface area contributed by atoms with Gasteiger partial charge in [-0.2, -0.15) is 0 Å². The number of halogens is 1. The maximum absolute atomic E-state index is 13.5. The van der Waals surface area contributed by atoms with Crippen molar-refractivity contribution in [3.63, 3.8) is 0 Å². The lowest BCUT2D eigenvalue weighted by molar-refractivity contribution is -0.115. The largest absolute Gasteiger partial charge is 0.335 e. The van der Waals surface area contributed by atoms with E-state index < -0.39 is 5.25 Å². The summed E-state index contributed by atoms with van der Waals surface area (Å²) in [4.78, 5) is 12.7. The van der Waals surface area contributed by atoms with Crippen molar-refractivity contribution in [2.24, 2.45) is 0 Å². The van der Waals surface area contributed by atoms with Crippen molar-refractivity contribution < 1.29 is 9.18 Å². The molecule has 1 heterocycles. The van der Waals surface area contributed by atoms with Crippen molar-refractivity contribution >= 4 is 34.1 Å². The van der Waals surface area contributed by atoms with Crippen molar-refractivity contribution in [3.05, 3.63) is 72.5 Å². The molecule has 0 saturated heterocycles. The molecule has 4 rings (SSSR count). The lowest BCUT2D eigenvalue weighted by Crippen LogP contribution is -2.23. The van der Waals surface area contributed by atoms with E-state index in [-0.39, 0.29) is 11.7 Å². The molecule has 0 saturated carbocycles. The number of fused-ring (bicyclic) bond motifs is 1. The van der Waals surface area contributed by atoms with Gasteiger partial charge in [0.25, 0.3) is 0 Å². The first-order valence-corrected chi connectivity index (χ1v) is 9.82. The van der Waals surface area contributed by atoms with E-state index in [0.717, 1.165) is 16.5 Å². The normalized spacial score (nSPS) is 12.1. The van der Waals surface area contributed by atoms with Crippen molar-refractivity contribution in [2.75, 3.05) is 11.2 Å². The minimum Gasteiger partial charge on any atom is -0.335 e. The molecule has 0 radical (unpaired) electrons. The van der Waals surface area contributed by atoms with Gasteiger partial charge in [-0.15, -0.1) is 10.2 Å². The Hall–Kier alpha value is -3.39. The highest BCUT2D eigenvalue weighted by Gasteiger charge is 2.20. The Labute approximate surface area is 170 Å². The van der Waals surface area contributed by atoms with Crippen molar-refractivity contribution in [2.45, 2.75) is 17.3 Å². The van der Waals surface area contributed by atoms with Gasteiger partial charge in [0, 0.05) is 16.6 Å². The molecule has 6 nitrogen and oxygen atoms in total. The number of aromatic nitrogens is 3. The second kappa shape index (κ2) is 7.92. The summed E-state index contributed by atoms with van der Waals surface area (Å²) in [5.74, 6) is 5.84. The van der Waals surface area contributed by atoms with Crippen molar-refractivity contribution in [3.8, 4) is 11.4 Å². The molecular weight excluding hydrogens is 389 g/mol. The Morgan fingerprint density at radius 3 is 2.69 bits per heavy atom. The van der Waals surface area contributed by atoms with Crippen LogP contribution in [0.1, 0.15) is 6.92 Å². The molecule has 1 atom stereocenters. The van der Waals surface area contributed by atoms with Gasteiger partial charge in [0.2, 0.25) is 11.1 Å². The first kappa shape index (κ1) is 18.9. The molecule has 3 N–H and O–H groups in total. The highest BCUT2D eigenvalue weighted by atomic mass is 32.2. The molecule has 0 aliphatic carbocycles. The Bertz CT molecular complexity index is 1190. The van der Waals surface area contributed by atoms with E-state index in [1.165, 1.54) is 28.6 Å². The second-order valence-corrected chi connectivity index (χ2v) is 7.77. The zero-order chi connectivity index (χ0) is 20.4. The fraction of sp³-hybridized carbons (Fsp3) is 0.0952. The van der Waals surface area contributed by atoms with Gasteiger partial charge in [0.1, 0.15) is 5.82 Å². The van der Waals surface area contributed by atoms with Crippen LogP contribution in [0.2, 0.25) is 0 Å². The third-order valence-electron chi connectivity index (χ3n) is 4.45. The molecule has 1 amide bonds. The van der Waals surface area contributed by atoms with Gasteiger partial charge >= 0.3 is 0 Å².